The first-order chi connectivity index (χ1) is 10.7. The number of hydrogen-bond acceptors (Lipinski definition) is 3. The number of carboxylic acids is 1. The second-order valence-electron chi connectivity index (χ2n) is 5.59. The van der Waals surface area contributed by atoms with E-state index in [0.29, 0.717) is 13.1 Å². The van der Waals surface area contributed by atoms with Gasteiger partial charge in [0.05, 0.1) is 0 Å². The van der Waals surface area contributed by atoms with Crippen molar-refractivity contribution in [3.05, 3.63) is 66.2 Å². The smallest absolute Gasteiger partial charge is 0.322 e. The molecule has 4 heteroatoms. The van der Waals surface area contributed by atoms with Crippen LogP contribution >= 0.6 is 0 Å². The minimum atomic E-state index is -0.753. The quantitative estimate of drug-likeness (QED) is 0.941. The molecule has 0 aromatic heterocycles. The van der Waals surface area contributed by atoms with E-state index in [1.54, 1.807) is 0 Å². The average Bonchev–Trinajstić information content (AvgIpc) is 2.57. The number of carboxylic acid groups (broad SMARTS) is 1. The maximum atomic E-state index is 11.7. The molecule has 0 saturated carbocycles. The molecule has 1 fully saturated rings. The van der Waals surface area contributed by atoms with Gasteiger partial charge in [-0.15, -0.1) is 0 Å². The van der Waals surface area contributed by atoms with E-state index in [2.05, 4.69) is 9.80 Å². The van der Waals surface area contributed by atoms with Crippen LogP contribution in [0, 0.1) is 0 Å². The summed E-state index contributed by atoms with van der Waals surface area (Å²) in [5.74, 6) is -0.753. The summed E-state index contributed by atoms with van der Waals surface area (Å²) < 4.78 is 0. The van der Waals surface area contributed by atoms with Crippen molar-refractivity contribution in [2.24, 2.45) is 0 Å². The molecule has 0 amide bonds. The number of para-hydroxylation sites is 1. The number of benzene rings is 2. The van der Waals surface area contributed by atoms with E-state index in [1.165, 1.54) is 0 Å². The fourth-order valence-corrected chi connectivity index (χ4v) is 2.94. The zero-order valence-corrected chi connectivity index (χ0v) is 12.4. The highest BCUT2D eigenvalue weighted by Gasteiger charge is 2.32. The predicted octanol–water partition coefficient (Wildman–Crippen LogP) is 2.46. The van der Waals surface area contributed by atoms with Crippen molar-refractivity contribution >= 4 is 11.7 Å². The van der Waals surface area contributed by atoms with Crippen molar-refractivity contribution in [2.75, 3.05) is 24.5 Å². The van der Waals surface area contributed by atoms with Crippen molar-refractivity contribution in [1.82, 2.24) is 4.90 Å². The zero-order chi connectivity index (χ0) is 15.4. The van der Waals surface area contributed by atoms with Gasteiger partial charge in [0, 0.05) is 31.9 Å². The van der Waals surface area contributed by atoms with Crippen molar-refractivity contribution in [1.29, 1.82) is 0 Å². The Balaban J connectivity index is 1.73. The molecule has 2 aromatic rings. The van der Waals surface area contributed by atoms with Crippen LogP contribution in [0.4, 0.5) is 5.69 Å². The maximum Gasteiger partial charge on any atom is 0.322 e. The first-order valence-electron chi connectivity index (χ1n) is 7.55. The summed E-state index contributed by atoms with van der Waals surface area (Å²) in [4.78, 5) is 15.9. The van der Waals surface area contributed by atoms with E-state index in [0.717, 1.165) is 24.3 Å². The Morgan fingerprint density at radius 3 is 2.27 bits per heavy atom. The minimum absolute atomic E-state index is 0.478. The zero-order valence-electron chi connectivity index (χ0n) is 12.4. The summed E-state index contributed by atoms with van der Waals surface area (Å²) in [5, 5.41) is 9.58. The van der Waals surface area contributed by atoms with Gasteiger partial charge in [-0.2, -0.15) is 0 Å². The molecule has 1 saturated heterocycles. The van der Waals surface area contributed by atoms with Crippen LogP contribution in [0.2, 0.25) is 0 Å². The van der Waals surface area contributed by atoms with Crippen molar-refractivity contribution < 1.29 is 9.90 Å². The predicted molar refractivity (Wildman–Crippen MR) is 86.9 cm³/mol. The van der Waals surface area contributed by atoms with Crippen LogP contribution in [0.15, 0.2) is 60.7 Å². The molecule has 22 heavy (non-hydrogen) atoms. The normalized spacial score (nSPS) is 19.1. The largest absolute Gasteiger partial charge is 0.480 e. The molecular formula is C18H20N2O2. The van der Waals surface area contributed by atoms with E-state index in [1.807, 2.05) is 60.7 Å². The van der Waals surface area contributed by atoms with Gasteiger partial charge in [0.25, 0.3) is 0 Å². The molecule has 1 aliphatic heterocycles. The summed E-state index contributed by atoms with van der Waals surface area (Å²) in [6.45, 7) is 2.80. The van der Waals surface area contributed by atoms with Gasteiger partial charge in [0.2, 0.25) is 0 Å². The molecule has 1 atom stereocenters. The van der Waals surface area contributed by atoms with Crippen LogP contribution in [0.5, 0.6) is 0 Å². The monoisotopic (exact) mass is 296 g/mol. The van der Waals surface area contributed by atoms with E-state index in [9.17, 15) is 9.90 Å². The lowest BCUT2D eigenvalue weighted by Crippen LogP contribution is -2.56. The molecule has 1 aliphatic rings. The Bertz CT molecular complexity index is 615. The maximum absolute atomic E-state index is 11.7. The Hall–Kier alpha value is -2.33. The molecule has 2 aromatic carbocycles. The molecule has 114 valence electrons. The fraction of sp³-hybridized carbons (Fsp3) is 0.278. The molecule has 3 rings (SSSR count). The van der Waals surface area contributed by atoms with Crippen LogP contribution in [0.3, 0.4) is 0 Å². The van der Waals surface area contributed by atoms with Gasteiger partial charge in [-0.25, -0.2) is 0 Å². The highest BCUT2D eigenvalue weighted by molar-refractivity contribution is 5.75. The van der Waals surface area contributed by atoms with Crippen LogP contribution in [0.1, 0.15) is 5.56 Å². The third kappa shape index (κ3) is 3.28. The second-order valence-corrected chi connectivity index (χ2v) is 5.59. The molecule has 0 spiro atoms. The SMILES string of the molecule is O=C(O)[C@@H]1CN(c2ccccc2)CCN1Cc1ccccc1. The lowest BCUT2D eigenvalue weighted by molar-refractivity contribution is -0.143. The summed E-state index contributed by atoms with van der Waals surface area (Å²) in [6, 6.07) is 19.6. The van der Waals surface area contributed by atoms with Gasteiger partial charge >= 0.3 is 5.97 Å². The summed E-state index contributed by atoms with van der Waals surface area (Å²) in [6.07, 6.45) is 0. The number of carbonyl (C=O) groups is 1. The Kier molecular flexibility index (Phi) is 4.39. The van der Waals surface area contributed by atoms with Gasteiger partial charge in [-0.05, 0) is 17.7 Å². The lowest BCUT2D eigenvalue weighted by Gasteiger charge is -2.40. The number of rotatable bonds is 4. The Morgan fingerprint density at radius 1 is 1.00 bits per heavy atom. The Labute approximate surface area is 130 Å². The van der Waals surface area contributed by atoms with Gasteiger partial charge < -0.3 is 10.0 Å². The highest BCUT2D eigenvalue weighted by atomic mass is 16.4. The van der Waals surface area contributed by atoms with E-state index in [-0.39, 0.29) is 0 Å². The summed E-state index contributed by atoms with van der Waals surface area (Å²) >= 11 is 0. The van der Waals surface area contributed by atoms with Gasteiger partial charge in [-0.3, -0.25) is 9.69 Å². The fourth-order valence-electron chi connectivity index (χ4n) is 2.94. The molecule has 0 radical (unpaired) electrons. The van der Waals surface area contributed by atoms with Crippen LogP contribution in [-0.2, 0) is 11.3 Å². The van der Waals surface area contributed by atoms with Crippen LogP contribution < -0.4 is 4.90 Å². The lowest BCUT2D eigenvalue weighted by atomic mass is 10.1. The molecule has 0 unspecified atom stereocenters. The van der Waals surface area contributed by atoms with E-state index >= 15 is 0 Å². The standard InChI is InChI=1S/C18H20N2O2/c21-18(22)17-14-19(16-9-5-2-6-10-16)11-12-20(17)13-15-7-3-1-4-8-15/h1-10,17H,11-14H2,(H,21,22)/t17-/m0/s1. The van der Waals surface area contributed by atoms with Crippen molar-refractivity contribution in [2.45, 2.75) is 12.6 Å². The molecule has 4 nitrogen and oxygen atoms in total. The van der Waals surface area contributed by atoms with Gasteiger partial charge in [0.15, 0.2) is 0 Å². The van der Waals surface area contributed by atoms with E-state index in [4.69, 9.17) is 0 Å². The minimum Gasteiger partial charge on any atom is -0.480 e. The molecule has 1 heterocycles. The number of hydrogen-bond donors (Lipinski definition) is 1. The summed E-state index contributed by atoms with van der Waals surface area (Å²) in [7, 11) is 0. The number of piperazine rings is 1. The van der Waals surface area contributed by atoms with Crippen LogP contribution in [-0.4, -0.2) is 41.7 Å². The molecule has 0 aliphatic carbocycles. The van der Waals surface area contributed by atoms with Gasteiger partial charge in [0.1, 0.15) is 6.04 Å². The topological polar surface area (TPSA) is 43.8 Å². The van der Waals surface area contributed by atoms with Crippen molar-refractivity contribution in [3.63, 3.8) is 0 Å². The number of nitrogens with zero attached hydrogens (tertiary/aromatic N) is 2. The molecular weight excluding hydrogens is 276 g/mol. The second kappa shape index (κ2) is 6.62. The van der Waals surface area contributed by atoms with Gasteiger partial charge in [-0.1, -0.05) is 48.5 Å². The number of anilines is 1. The Morgan fingerprint density at radius 2 is 1.64 bits per heavy atom. The third-order valence-electron chi connectivity index (χ3n) is 4.13. The highest BCUT2D eigenvalue weighted by Crippen LogP contribution is 2.20. The van der Waals surface area contributed by atoms with Crippen molar-refractivity contribution in [3.8, 4) is 0 Å². The summed E-state index contributed by atoms with van der Waals surface area (Å²) in [5.41, 5.74) is 2.25. The van der Waals surface area contributed by atoms with E-state index < -0.39 is 12.0 Å². The third-order valence-corrected chi connectivity index (χ3v) is 4.13. The molecule has 1 N–H and O–H groups in total. The number of aliphatic carboxylic acids is 1. The van der Waals surface area contributed by atoms with Crippen LogP contribution in [0.25, 0.3) is 0 Å². The first kappa shape index (κ1) is 14.6. The molecule has 0 bridgehead atoms. The first-order valence-corrected chi connectivity index (χ1v) is 7.55. The average molecular weight is 296 g/mol.